The number of allylic oxidation sites excluding steroid dienone is 3. The van der Waals surface area contributed by atoms with E-state index in [9.17, 15) is 4.79 Å². The van der Waals surface area contributed by atoms with Crippen LogP contribution in [0.5, 0.6) is 11.5 Å². The summed E-state index contributed by atoms with van der Waals surface area (Å²) in [5.74, 6) is 1.43. The maximum atomic E-state index is 12.4. The molecule has 3 aromatic rings. The molecular weight excluding hydrogens is 486 g/mol. The predicted octanol–water partition coefficient (Wildman–Crippen LogP) is 5.31. The molecule has 204 valence electrons. The van der Waals surface area contributed by atoms with Gasteiger partial charge in [0.05, 0.1) is 26.4 Å². The van der Waals surface area contributed by atoms with Crippen LogP contribution in [0, 0.1) is 0 Å². The molecule has 1 saturated heterocycles. The molecule has 1 aliphatic rings. The monoisotopic (exact) mass is 525 g/mol. The Balaban J connectivity index is 1.25. The lowest BCUT2D eigenvalue weighted by Gasteiger charge is -2.41. The van der Waals surface area contributed by atoms with Crippen molar-refractivity contribution in [3.05, 3.63) is 114 Å². The van der Waals surface area contributed by atoms with Crippen LogP contribution in [0.15, 0.2) is 97.1 Å². The molecule has 2 N–H and O–H groups in total. The van der Waals surface area contributed by atoms with E-state index >= 15 is 0 Å². The van der Waals surface area contributed by atoms with Crippen LogP contribution in [0.4, 0.5) is 0 Å². The molecule has 6 nitrogen and oxygen atoms in total. The van der Waals surface area contributed by atoms with Crippen LogP contribution in [0.25, 0.3) is 6.08 Å². The highest BCUT2D eigenvalue weighted by molar-refractivity contribution is 5.90. The number of methoxy groups -OCH3 is 2. The lowest BCUT2D eigenvalue weighted by atomic mass is 9.96. The number of carbonyl (C=O) groups is 1. The Morgan fingerprint density at radius 1 is 0.821 bits per heavy atom. The highest BCUT2D eigenvalue weighted by Gasteiger charge is 2.28. The van der Waals surface area contributed by atoms with Crippen LogP contribution in [0.1, 0.15) is 35.6 Å². The molecule has 1 unspecified atom stereocenters. The van der Waals surface area contributed by atoms with Crippen molar-refractivity contribution in [3.8, 4) is 11.5 Å². The number of nitrogens with zero attached hydrogens (tertiary/aromatic N) is 2. The molecule has 6 heteroatoms. The van der Waals surface area contributed by atoms with Gasteiger partial charge in [0, 0.05) is 32.6 Å². The largest absolute Gasteiger partial charge is 0.493 e. The number of rotatable bonds is 12. The van der Waals surface area contributed by atoms with Gasteiger partial charge >= 0.3 is 0 Å². The third-order valence-corrected chi connectivity index (χ3v) is 7.19. The minimum atomic E-state index is -0.126. The molecule has 0 spiro atoms. The smallest absolute Gasteiger partial charge is 0.161 e. The second-order valence-electron chi connectivity index (χ2n) is 9.70. The summed E-state index contributed by atoms with van der Waals surface area (Å²) in [6, 6.07) is 27.3. The highest BCUT2D eigenvalue weighted by Crippen LogP contribution is 2.30. The van der Waals surface area contributed by atoms with E-state index in [2.05, 4.69) is 70.5 Å². The molecule has 3 aromatic carbocycles. The van der Waals surface area contributed by atoms with E-state index in [-0.39, 0.29) is 18.0 Å². The molecule has 0 bridgehead atoms. The minimum Gasteiger partial charge on any atom is -0.493 e. The molecular formula is C33H39N3O3. The number of ketones is 1. The Bertz CT molecular complexity index is 1200. The van der Waals surface area contributed by atoms with Crippen molar-refractivity contribution in [2.24, 2.45) is 5.73 Å². The van der Waals surface area contributed by atoms with Gasteiger partial charge in [-0.05, 0) is 41.3 Å². The van der Waals surface area contributed by atoms with Gasteiger partial charge in [-0.15, -0.1) is 0 Å². The quantitative estimate of drug-likeness (QED) is 0.255. The van der Waals surface area contributed by atoms with Crippen molar-refractivity contribution in [1.82, 2.24) is 9.80 Å². The fourth-order valence-corrected chi connectivity index (χ4v) is 5.05. The van der Waals surface area contributed by atoms with Gasteiger partial charge in [0.25, 0.3) is 0 Å². The normalized spacial score (nSPS) is 15.7. The van der Waals surface area contributed by atoms with Crippen molar-refractivity contribution in [1.29, 1.82) is 0 Å². The van der Waals surface area contributed by atoms with E-state index in [0.29, 0.717) is 24.3 Å². The molecule has 39 heavy (non-hydrogen) atoms. The lowest BCUT2D eigenvalue weighted by Crippen LogP contribution is -2.54. The number of hydrogen-bond donors (Lipinski definition) is 1. The number of nitrogens with two attached hydrogens (primary N) is 1. The summed E-state index contributed by atoms with van der Waals surface area (Å²) >= 11 is 0. The number of carbonyl (C=O) groups excluding carboxylic acids is 1. The van der Waals surface area contributed by atoms with E-state index in [0.717, 1.165) is 31.7 Å². The Hall–Kier alpha value is -3.71. The van der Waals surface area contributed by atoms with Gasteiger partial charge in [-0.3, -0.25) is 14.6 Å². The zero-order valence-corrected chi connectivity index (χ0v) is 22.9. The second-order valence-corrected chi connectivity index (χ2v) is 9.70. The van der Waals surface area contributed by atoms with E-state index < -0.39 is 0 Å². The van der Waals surface area contributed by atoms with E-state index in [1.807, 2.05) is 30.4 Å². The van der Waals surface area contributed by atoms with E-state index in [4.69, 9.17) is 15.2 Å². The summed E-state index contributed by atoms with van der Waals surface area (Å²) in [6.45, 7) is 3.62. The molecule has 0 radical (unpaired) electrons. The molecule has 1 aliphatic heterocycles. The van der Waals surface area contributed by atoms with Crippen molar-refractivity contribution < 1.29 is 14.3 Å². The van der Waals surface area contributed by atoms with Crippen LogP contribution in [-0.2, 0) is 4.79 Å². The number of hydrogen-bond acceptors (Lipinski definition) is 6. The standard InChI is InChI=1S/C33H39N3O3/c1-38-30-19-17-26(25-31(30)39-2)11-9-10-16-29(37)18-20-32(34)35-21-23-36(24-22-35)33(27-12-5-3-6-13-27)28-14-7-4-8-15-28/h3-17,19,25,32-33H,18,20-24,34H2,1-2H3. The molecule has 0 saturated carbocycles. The lowest BCUT2D eigenvalue weighted by molar-refractivity contribution is -0.115. The molecule has 1 atom stereocenters. The first-order chi connectivity index (χ1) is 19.1. The molecule has 4 rings (SSSR count). The summed E-state index contributed by atoms with van der Waals surface area (Å²) in [7, 11) is 3.22. The Labute approximate surface area is 232 Å². The topological polar surface area (TPSA) is 68.0 Å². The summed E-state index contributed by atoms with van der Waals surface area (Å²) in [6.07, 6.45) is 8.12. The van der Waals surface area contributed by atoms with Gasteiger partial charge in [0.15, 0.2) is 17.3 Å². The van der Waals surface area contributed by atoms with Gasteiger partial charge in [-0.2, -0.15) is 0 Å². The first-order valence-corrected chi connectivity index (χ1v) is 13.5. The highest BCUT2D eigenvalue weighted by atomic mass is 16.5. The fourth-order valence-electron chi connectivity index (χ4n) is 5.05. The Morgan fingerprint density at radius 2 is 1.41 bits per heavy atom. The summed E-state index contributed by atoms with van der Waals surface area (Å²) in [4.78, 5) is 17.3. The number of piperazine rings is 1. The average molecular weight is 526 g/mol. The maximum absolute atomic E-state index is 12.4. The zero-order valence-electron chi connectivity index (χ0n) is 22.9. The van der Waals surface area contributed by atoms with Crippen molar-refractivity contribution in [2.45, 2.75) is 25.0 Å². The average Bonchev–Trinajstić information content (AvgIpc) is 2.99. The van der Waals surface area contributed by atoms with Gasteiger partial charge in [-0.25, -0.2) is 0 Å². The molecule has 0 aliphatic carbocycles. The third-order valence-electron chi connectivity index (χ3n) is 7.19. The van der Waals surface area contributed by atoms with Crippen LogP contribution >= 0.6 is 0 Å². The van der Waals surface area contributed by atoms with E-state index in [1.165, 1.54) is 11.1 Å². The maximum Gasteiger partial charge on any atom is 0.161 e. The van der Waals surface area contributed by atoms with Gasteiger partial charge in [0.1, 0.15) is 0 Å². The van der Waals surface area contributed by atoms with Crippen molar-refractivity contribution in [2.75, 3.05) is 40.4 Å². The van der Waals surface area contributed by atoms with Crippen LogP contribution < -0.4 is 15.2 Å². The Kier molecular flexibility index (Phi) is 10.5. The van der Waals surface area contributed by atoms with Crippen molar-refractivity contribution in [3.63, 3.8) is 0 Å². The minimum absolute atomic E-state index is 0.0780. The first-order valence-electron chi connectivity index (χ1n) is 13.5. The SMILES string of the molecule is COc1ccc(C=CC=CC(=O)CCC(N)N2CCN(C(c3ccccc3)c3ccccc3)CC2)cc1OC. The van der Waals surface area contributed by atoms with Crippen LogP contribution in [0.3, 0.4) is 0 Å². The molecule has 1 heterocycles. The van der Waals surface area contributed by atoms with Crippen molar-refractivity contribution >= 4 is 11.9 Å². The zero-order chi connectivity index (χ0) is 27.5. The van der Waals surface area contributed by atoms with Gasteiger partial charge < -0.3 is 15.2 Å². The summed E-state index contributed by atoms with van der Waals surface area (Å²) < 4.78 is 10.6. The van der Waals surface area contributed by atoms with E-state index in [1.54, 1.807) is 26.4 Å². The molecule has 0 aromatic heterocycles. The second kappa shape index (κ2) is 14.4. The van der Waals surface area contributed by atoms with Crippen LogP contribution in [-0.4, -0.2) is 62.1 Å². The number of benzene rings is 3. The van der Waals surface area contributed by atoms with Gasteiger partial charge in [0.2, 0.25) is 0 Å². The molecule has 1 fully saturated rings. The third kappa shape index (κ3) is 7.90. The first kappa shape index (κ1) is 28.3. The summed E-state index contributed by atoms with van der Waals surface area (Å²) in [5, 5.41) is 0. The number of ether oxygens (including phenoxy) is 2. The fraction of sp³-hybridized carbons (Fsp3) is 0.303. The predicted molar refractivity (Wildman–Crippen MR) is 158 cm³/mol. The van der Waals surface area contributed by atoms with Gasteiger partial charge in [-0.1, -0.05) is 85.0 Å². The Morgan fingerprint density at radius 3 is 2.00 bits per heavy atom. The van der Waals surface area contributed by atoms with Crippen LogP contribution in [0.2, 0.25) is 0 Å². The molecule has 0 amide bonds. The summed E-state index contributed by atoms with van der Waals surface area (Å²) in [5.41, 5.74) is 10.1.